The molecule has 0 aromatic heterocycles. The molecule has 6 nitrogen and oxygen atoms in total. The van der Waals surface area contributed by atoms with Crippen molar-refractivity contribution >= 4 is 39.8 Å². The normalized spacial score (nSPS) is 16.1. The fourth-order valence-corrected chi connectivity index (χ4v) is 4.24. The molecule has 0 radical (unpaired) electrons. The van der Waals surface area contributed by atoms with Gasteiger partial charge in [0, 0.05) is 19.8 Å². The van der Waals surface area contributed by atoms with Crippen LogP contribution in [0.1, 0.15) is 39.5 Å². The zero-order chi connectivity index (χ0) is 19.9. The summed E-state index contributed by atoms with van der Waals surface area (Å²) in [4.78, 5) is 4.58. The van der Waals surface area contributed by atoms with Gasteiger partial charge in [0.15, 0.2) is 15.8 Å². The van der Waals surface area contributed by atoms with Crippen molar-refractivity contribution in [2.24, 2.45) is 16.3 Å². The van der Waals surface area contributed by atoms with Crippen LogP contribution >= 0.6 is 24.0 Å². The number of nitrogens with one attached hydrogen (secondary N) is 2. The third kappa shape index (κ3) is 7.77. The minimum atomic E-state index is -3.18. The van der Waals surface area contributed by atoms with Crippen molar-refractivity contribution in [2.75, 3.05) is 33.0 Å². The zero-order valence-electron chi connectivity index (χ0n) is 17.3. The van der Waals surface area contributed by atoms with Gasteiger partial charge in [-0.2, -0.15) is 0 Å². The highest BCUT2D eigenvalue weighted by molar-refractivity contribution is 14.0. The zero-order valence-corrected chi connectivity index (χ0v) is 20.5. The molecule has 0 atom stereocenters. The number of nitrogens with zero attached hydrogens (tertiary/aromatic N) is 1. The Morgan fingerprint density at radius 1 is 1.21 bits per heavy atom. The van der Waals surface area contributed by atoms with Gasteiger partial charge in [0.25, 0.3) is 0 Å². The van der Waals surface area contributed by atoms with Crippen LogP contribution in [0.5, 0.6) is 5.75 Å². The third-order valence-corrected chi connectivity index (χ3v) is 6.15. The molecule has 0 saturated heterocycles. The Morgan fingerprint density at radius 3 is 2.32 bits per heavy atom. The van der Waals surface area contributed by atoms with E-state index in [1.807, 2.05) is 0 Å². The van der Waals surface area contributed by atoms with Crippen molar-refractivity contribution in [1.29, 1.82) is 0 Å². The van der Waals surface area contributed by atoms with Gasteiger partial charge in [-0.15, -0.1) is 24.0 Å². The summed E-state index contributed by atoms with van der Waals surface area (Å²) in [6.07, 6.45) is 6.36. The topological polar surface area (TPSA) is 79.8 Å². The average molecular weight is 523 g/mol. The van der Waals surface area contributed by atoms with Crippen LogP contribution < -0.4 is 15.4 Å². The SMILES string of the molecule is CN=C(NCCOc1ccc(S(C)(=O)=O)cc1)NCC1(CC(C)C)CCC1.I. The lowest BCUT2D eigenvalue weighted by atomic mass is 9.64. The summed E-state index contributed by atoms with van der Waals surface area (Å²) in [5.74, 6) is 2.16. The summed E-state index contributed by atoms with van der Waals surface area (Å²) in [6.45, 7) is 6.61. The van der Waals surface area contributed by atoms with Crippen LogP contribution in [0.25, 0.3) is 0 Å². The molecule has 1 aromatic carbocycles. The van der Waals surface area contributed by atoms with Crippen molar-refractivity contribution in [3.63, 3.8) is 0 Å². The quantitative estimate of drug-likeness (QED) is 0.224. The highest BCUT2D eigenvalue weighted by Gasteiger charge is 2.37. The first-order valence-electron chi connectivity index (χ1n) is 9.61. The van der Waals surface area contributed by atoms with Gasteiger partial charge in [-0.05, 0) is 54.9 Å². The van der Waals surface area contributed by atoms with Gasteiger partial charge >= 0.3 is 0 Å². The van der Waals surface area contributed by atoms with E-state index < -0.39 is 9.84 Å². The van der Waals surface area contributed by atoms with Gasteiger partial charge in [-0.25, -0.2) is 8.42 Å². The first-order valence-corrected chi connectivity index (χ1v) is 11.5. The Hall–Kier alpha value is -1.03. The van der Waals surface area contributed by atoms with Crippen LogP contribution in [0.4, 0.5) is 0 Å². The second-order valence-electron chi connectivity index (χ2n) is 7.90. The lowest BCUT2D eigenvalue weighted by Crippen LogP contribution is -2.47. The van der Waals surface area contributed by atoms with E-state index in [9.17, 15) is 8.42 Å². The van der Waals surface area contributed by atoms with Crippen LogP contribution in [-0.4, -0.2) is 47.4 Å². The fourth-order valence-electron chi connectivity index (χ4n) is 3.61. The summed E-state index contributed by atoms with van der Waals surface area (Å²) < 4.78 is 28.6. The molecule has 0 amide bonds. The van der Waals surface area contributed by atoms with E-state index in [0.717, 1.165) is 12.5 Å². The molecule has 1 aliphatic carbocycles. The number of rotatable bonds is 9. The van der Waals surface area contributed by atoms with Crippen molar-refractivity contribution in [3.05, 3.63) is 24.3 Å². The van der Waals surface area contributed by atoms with E-state index in [1.165, 1.54) is 31.9 Å². The number of hydrogen-bond donors (Lipinski definition) is 2. The number of halogens is 1. The molecule has 2 N–H and O–H groups in total. The number of ether oxygens (including phenoxy) is 1. The molecule has 28 heavy (non-hydrogen) atoms. The van der Waals surface area contributed by atoms with Gasteiger partial charge in [-0.1, -0.05) is 20.3 Å². The molecule has 0 aliphatic heterocycles. The first-order chi connectivity index (χ1) is 12.7. The molecule has 160 valence electrons. The monoisotopic (exact) mass is 523 g/mol. The lowest BCUT2D eigenvalue weighted by Gasteiger charge is -2.43. The molecular formula is C20H34IN3O3S. The molecule has 0 unspecified atom stereocenters. The maximum atomic E-state index is 11.5. The molecule has 1 aliphatic rings. The average Bonchev–Trinajstić information content (AvgIpc) is 2.57. The number of sulfone groups is 1. The predicted molar refractivity (Wildman–Crippen MR) is 126 cm³/mol. The Balaban J connectivity index is 0.00000392. The number of hydrogen-bond acceptors (Lipinski definition) is 4. The minimum Gasteiger partial charge on any atom is -0.492 e. The van der Waals surface area contributed by atoms with Crippen molar-refractivity contribution in [3.8, 4) is 5.75 Å². The number of benzene rings is 1. The Labute approximate surface area is 186 Å². The maximum Gasteiger partial charge on any atom is 0.191 e. The Kier molecular flexibility index (Phi) is 10.0. The summed E-state index contributed by atoms with van der Waals surface area (Å²) in [5.41, 5.74) is 0.420. The molecule has 0 heterocycles. The molecule has 0 spiro atoms. The second kappa shape index (κ2) is 11.2. The third-order valence-electron chi connectivity index (χ3n) is 5.03. The van der Waals surface area contributed by atoms with Crippen LogP contribution in [0.2, 0.25) is 0 Å². The molecule has 1 fully saturated rings. The molecule has 2 rings (SSSR count). The molecule has 8 heteroatoms. The fraction of sp³-hybridized carbons (Fsp3) is 0.650. The van der Waals surface area contributed by atoms with Crippen LogP contribution in [0.3, 0.4) is 0 Å². The van der Waals surface area contributed by atoms with Crippen LogP contribution in [-0.2, 0) is 9.84 Å². The van der Waals surface area contributed by atoms with Gasteiger partial charge in [-0.3, -0.25) is 4.99 Å². The van der Waals surface area contributed by atoms with E-state index in [1.54, 1.807) is 31.3 Å². The summed E-state index contributed by atoms with van der Waals surface area (Å²) in [5, 5.41) is 6.72. The van der Waals surface area contributed by atoms with Crippen molar-refractivity contribution in [2.45, 2.75) is 44.4 Å². The van der Waals surface area contributed by atoms with Gasteiger partial charge in [0.2, 0.25) is 0 Å². The Morgan fingerprint density at radius 2 is 1.86 bits per heavy atom. The van der Waals surface area contributed by atoms with E-state index in [0.29, 0.717) is 35.1 Å². The highest BCUT2D eigenvalue weighted by atomic mass is 127. The van der Waals surface area contributed by atoms with Crippen LogP contribution in [0.15, 0.2) is 34.2 Å². The van der Waals surface area contributed by atoms with Gasteiger partial charge in [0.1, 0.15) is 12.4 Å². The molecule has 1 saturated carbocycles. The number of guanidine groups is 1. The minimum absolute atomic E-state index is 0. The van der Waals surface area contributed by atoms with E-state index in [-0.39, 0.29) is 24.0 Å². The summed E-state index contributed by atoms with van der Waals surface area (Å²) in [6, 6.07) is 6.47. The van der Waals surface area contributed by atoms with E-state index in [4.69, 9.17) is 4.74 Å². The van der Waals surface area contributed by atoms with Gasteiger partial charge < -0.3 is 15.4 Å². The van der Waals surface area contributed by atoms with Gasteiger partial charge in [0.05, 0.1) is 11.4 Å². The van der Waals surface area contributed by atoms with Crippen molar-refractivity contribution < 1.29 is 13.2 Å². The number of aliphatic imine (C=N–C) groups is 1. The highest BCUT2D eigenvalue weighted by Crippen LogP contribution is 2.45. The first kappa shape index (κ1) is 25.0. The maximum absolute atomic E-state index is 11.5. The Bertz CT molecular complexity index is 730. The molecule has 0 bridgehead atoms. The largest absolute Gasteiger partial charge is 0.492 e. The van der Waals surface area contributed by atoms with E-state index >= 15 is 0 Å². The predicted octanol–water partition coefficient (Wildman–Crippen LogP) is 3.47. The standard InChI is InChI=1S/C20H33N3O3S.HI/c1-16(2)14-20(10-5-11-20)15-23-19(21-3)22-12-13-26-17-6-8-18(9-7-17)27(4,24)25;/h6-9,16H,5,10-15H2,1-4H3,(H2,21,22,23);1H. The summed E-state index contributed by atoms with van der Waals surface area (Å²) in [7, 11) is -1.40. The lowest BCUT2D eigenvalue weighted by molar-refractivity contribution is 0.104. The smallest absolute Gasteiger partial charge is 0.191 e. The van der Waals surface area contributed by atoms with Crippen molar-refractivity contribution in [1.82, 2.24) is 10.6 Å². The molecule has 1 aromatic rings. The van der Waals surface area contributed by atoms with E-state index in [2.05, 4.69) is 29.5 Å². The molecular weight excluding hydrogens is 489 g/mol. The second-order valence-corrected chi connectivity index (χ2v) is 9.91. The van der Waals surface area contributed by atoms with Crippen LogP contribution in [0, 0.1) is 11.3 Å². The summed E-state index contributed by atoms with van der Waals surface area (Å²) >= 11 is 0.